The zero-order chi connectivity index (χ0) is 26.5. The van der Waals surface area contributed by atoms with Crippen molar-refractivity contribution >= 4 is 35.1 Å². The van der Waals surface area contributed by atoms with Gasteiger partial charge in [0.15, 0.2) is 0 Å². The molecule has 2 saturated heterocycles. The SMILES string of the molecule is N#C[C@@]1(C2CC2)CCN(c2ccnc(NC(=O)Cc3cccc(/C(C=N)=C/NCC4CCCO4)c3)c2)C1=O. The van der Waals surface area contributed by atoms with Gasteiger partial charge < -0.3 is 25.7 Å². The summed E-state index contributed by atoms with van der Waals surface area (Å²) in [6, 6.07) is 13.3. The molecule has 0 radical (unpaired) electrons. The summed E-state index contributed by atoms with van der Waals surface area (Å²) in [7, 11) is 0. The Hall–Kier alpha value is -4.03. The largest absolute Gasteiger partial charge is 0.388 e. The van der Waals surface area contributed by atoms with Crippen molar-refractivity contribution in [3.05, 3.63) is 59.9 Å². The Morgan fingerprint density at radius 2 is 2.16 bits per heavy atom. The van der Waals surface area contributed by atoms with Crippen molar-refractivity contribution in [2.75, 3.05) is 29.9 Å². The predicted molar refractivity (Wildman–Crippen MR) is 144 cm³/mol. The summed E-state index contributed by atoms with van der Waals surface area (Å²) in [6.07, 6.45) is 9.51. The van der Waals surface area contributed by atoms with Crippen LogP contribution in [0.15, 0.2) is 48.8 Å². The number of hydrogen-bond acceptors (Lipinski definition) is 7. The average molecular weight is 513 g/mol. The fraction of sp³-hybridized carbons (Fsp3) is 0.414. The van der Waals surface area contributed by atoms with Crippen LogP contribution in [-0.2, 0) is 20.7 Å². The van der Waals surface area contributed by atoms with E-state index in [1.54, 1.807) is 23.2 Å². The van der Waals surface area contributed by atoms with Gasteiger partial charge in [-0.1, -0.05) is 24.3 Å². The van der Waals surface area contributed by atoms with E-state index in [1.807, 2.05) is 30.5 Å². The number of benzene rings is 1. The first kappa shape index (κ1) is 25.6. The molecule has 1 unspecified atom stereocenters. The van der Waals surface area contributed by atoms with Gasteiger partial charge in [-0.05, 0) is 55.2 Å². The van der Waals surface area contributed by atoms with Crippen molar-refractivity contribution < 1.29 is 14.3 Å². The number of nitrogens with zero attached hydrogens (tertiary/aromatic N) is 3. The molecule has 3 fully saturated rings. The summed E-state index contributed by atoms with van der Waals surface area (Å²) in [6.45, 7) is 1.99. The third-order valence-corrected chi connectivity index (χ3v) is 7.56. The minimum absolute atomic E-state index is 0.135. The van der Waals surface area contributed by atoms with E-state index in [0.29, 0.717) is 31.0 Å². The monoisotopic (exact) mass is 512 g/mol. The van der Waals surface area contributed by atoms with E-state index in [0.717, 1.165) is 49.0 Å². The van der Waals surface area contributed by atoms with Crippen LogP contribution in [0.25, 0.3) is 5.57 Å². The maximum atomic E-state index is 13.1. The Morgan fingerprint density at radius 1 is 1.29 bits per heavy atom. The Balaban J connectivity index is 1.21. The number of allylic oxidation sites excluding steroid dienone is 1. The maximum absolute atomic E-state index is 13.1. The van der Waals surface area contributed by atoms with Crippen molar-refractivity contribution in [1.82, 2.24) is 10.3 Å². The Morgan fingerprint density at radius 3 is 2.89 bits per heavy atom. The molecule has 9 heteroatoms. The molecule has 0 bridgehead atoms. The first-order chi connectivity index (χ1) is 18.5. The molecule has 2 amide bonds. The van der Waals surface area contributed by atoms with E-state index in [2.05, 4.69) is 21.7 Å². The average Bonchev–Trinajstić information content (AvgIpc) is 3.54. The minimum atomic E-state index is -0.915. The number of hydrogen-bond donors (Lipinski definition) is 3. The van der Waals surface area contributed by atoms with Crippen LogP contribution >= 0.6 is 0 Å². The Bertz CT molecular complexity index is 1290. The lowest BCUT2D eigenvalue weighted by Crippen LogP contribution is -2.35. The van der Waals surface area contributed by atoms with Crippen molar-refractivity contribution in [2.24, 2.45) is 11.3 Å². The topological polar surface area (TPSA) is 131 Å². The van der Waals surface area contributed by atoms with Crippen LogP contribution in [-0.4, -0.2) is 48.8 Å². The maximum Gasteiger partial charge on any atom is 0.247 e. The Labute approximate surface area is 222 Å². The number of aromatic nitrogens is 1. The van der Waals surface area contributed by atoms with E-state index >= 15 is 0 Å². The highest BCUT2D eigenvalue weighted by atomic mass is 16.5. The van der Waals surface area contributed by atoms with E-state index < -0.39 is 5.41 Å². The van der Waals surface area contributed by atoms with Crippen molar-refractivity contribution in [3.63, 3.8) is 0 Å². The number of carbonyl (C=O) groups excluding carboxylic acids is 2. The quantitative estimate of drug-likeness (QED) is 0.416. The van der Waals surface area contributed by atoms with Crippen LogP contribution in [0.3, 0.4) is 0 Å². The molecule has 1 aromatic carbocycles. The van der Waals surface area contributed by atoms with Gasteiger partial charge in [0.1, 0.15) is 11.2 Å². The van der Waals surface area contributed by atoms with Gasteiger partial charge >= 0.3 is 0 Å². The number of anilines is 2. The molecule has 2 aromatic rings. The molecule has 5 rings (SSSR count). The lowest BCUT2D eigenvalue weighted by Gasteiger charge is -2.21. The number of nitrogens with one attached hydrogen (secondary N) is 3. The predicted octanol–water partition coefficient (Wildman–Crippen LogP) is 3.68. The number of rotatable bonds is 10. The lowest BCUT2D eigenvalue weighted by molar-refractivity contribution is -0.123. The van der Waals surface area contributed by atoms with Crippen molar-refractivity contribution in [2.45, 2.75) is 44.6 Å². The number of nitriles is 1. The summed E-state index contributed by atoms with van der Waals surface area (Å²) < 4.78 is 5.62. The van der Waals surface area contributed by atoms with Crippen LogP contribution in [0.2, 0.25) is 0 Å². The van der Waals surface area contributed by atoms with Crippen molar-refractivity contribution in [1.29, 1.82) is 10.7 Å². The van der Waals surface area contributed by atoms with Crippen LogP contribution in [0.5, 0.6) is 0 Å². The molecular formula is C29H32N6O3. The summed E-state index contributed by atoms with van der Waals surface area (Å²) >= 11 is 0. The molecule has 3 N–H and O–H groups in total. The fourth-order valence-corrected chi connectivity index (χ4v) is 5.34. The van der Waals surface area contributed by atoms with Crippen LogP contribution in [0, 0.1) is 28.1 Å². The molecule has 2 aliphatic heterocycles. The lowest BCUT2D eigenvalue weighted by atomic mass is 9.83. The third-order valence-electron chi connectivity index (χ3n) is 7.56. The summed E-state index contributed by atoms with van der Waals surface area (Å²) in [5, 5.41) is 23.6. The third kappa shape index (κ3) is 5.46. The zero-order valence-electron chi connectivity index (χ0n) is 21.3. The Kier molecular flexibility index (Phi) is 7.52. The van der Waals surface area contributed by atoms with Gasteiger partial charge in [0.05, 0.1) is 18.6 Å². The summed E-state index contributed by atoms with van der Waals surface area (Å²) in [4.78, 5) is 31.9. The molecule has 3 heterocycles. The van der Waals surface area contributed by atoms with E-state index in [4.69, 9.17) is 10.1 Å². The molecule has 1 saturated carbocycles. The van der Waals surface area contributed by atoms with Crippen molar-refractivity contribution in [3.8, 4) is 6.07 Å². The van der Waals surface area contributed by atoms with Gasteiger partial charge in [-0.25, -0.2) is 4.98 Å². The van der Waals surface area contributed by atoms with Crippen LogP contribution in [0.1, 0.15) is 43.2 Å². The van der Waals surface area contributed by atoms with E-state index in [9.17, 15) is 14.9 Å². The first-order valence-electron chi connectivity index (χ1n) is 13.2. The second-order valence-corrected chi connectivity index (χ2v) is 10.2. The molecule has 3 aliphatic rings. The molecule has 9 nitrogen and oxygen atoms in total. The van der Waals surface area contributed by atoms with Crippen LogP contribution in [0.4, 0.5) is 11.5 Å². The molecule has 1 aromatic heterocycles. The number of ether oxygens (including phenoxy) is 1. The standard InChI is InChI=1S/C29H32N6O3/c30-16-22(17-32-18-25-5-2-12-38-25)21-4-1-3-20(13-21)14-27(36)34-26-15-24(8-10-33-26)35-11-9-29(19-31,28(35)37)23-6-7-23/h1,3-4,8,10,13,15-17,23,25,30,32H,2,5-7,9,11-12,14,18H2,(H,33,34,36)/b22-17+,30-16?/t25?,29-/m1/s1. The van der Waals surface area contributed by atoms with Gasteiger partial charge in [0.2, 0.25) is 11.8 Å². The van der Waals surface area contributed by atoms with Gasteiger partial charge in [0, 0.05) is 55.6 Å². The second-order valence-electron chi connectivity index (χ2n) is 10.2. The second kappa shape index (κ2) is 11.2. The minimum Gasteiger partial charge on any atom is -0.388 e. The van der Waals surface area contributed by atoms with Gasteiger partial charge in [-0.15, -0.1) is 0 Å². The van der Waals surface area contributed by atoms with Crippen LogP contribution < -0.4 is 15.5 Å². The smallest absolute Gasteiger partial charge is 0.247 e. The number of pyridine rings is 1. The fourth-order valence-electron chi connectivity index (χ4n) is 5.34. The molecule has 0 spiro atoms. The normalized spacial score (nSPS) is 23.2. The number of carbonyl (C=O) groups is 2. The first-order valence-corrected chi connectivity index (χ1v) is 13.2. The van der Waals surface area contributed by atoms with Gasteiger partial charge in [-0.2, -0.15) is 5.26 Å². The number of amides is 2. The molecule has 38 heavy (non-hydrogen) atoms. The summed E-state index contributed by atoms with van der Waals surface area (Å²) in [5.74, 6) is 0.126. The van der Waals surface area contributed by atoms with E-state index in [1.165, 1.54) is 6.21 Å². The van der Waals surface area contributed by atoms with Gasteiger partial charge in [0.25, 0.3) is 0 Å². The molecule has 2 atom stereocenters. The highest BCUT2D eigenvalue weighted by molar-refractivity contribution is 6.08. The highest BCUT2D eigenvalue weighted by Crippen LogP contribution is 2.51. The highest BCUT2D eigenvalue weighted by Gasteiger charge is 2.56. The molecular weight excluding hydrogens is 480 g/mol. The van der Waals surface area contributed by atoms with E-state index in [-0.39, 0.29) is 30.3 Å². The zero-order valence-corrected chi connectivity index (χ0v) is 21.3. The van der Waals surface area contributed by atoms with Gasteiger partial charge in [-0.3, -0.25) is 9.59 Å². The molecule has 196 valence electrons. The summed E-state index contributed by atoms with van der Waals surface area (Å²) in [5.41, 5.74) is 2.09. The molecule has 1 aliphatic carbocycles.